The van der Waals surface area contributed by atoms with Crippen molar-refractivity contribution in [3.63, 3.8) is 0 Å². The van der Waals surface area contributed by atoms with Crippen LogP contribution < -0.4 is 24.6 Å². The minimum atomic E-state index is -3.46. The highest BCUT2D eigenvalue weighted by molar-refractivity contribution is 7.92. The van der Waals surface area contributed by atoms with Gasteiger partial charge < -0.3 is 25.2 Å². The van der Waals surface area contributed by atoms with Gasteiger partial charge in [-0.2, -0.15) is 4.98 Å². The van der Waals surface area contributed by atoms with E-state index in [2.05, 4.69) is 54.5 Å². The topological polar surface area (TPSA) is 106 Å². The van der Waals surface area contributed by atoms with E-state index in [1.807, 2.05) is 31.2 Å². The van der Waals surface area contributed by atoms with Crippen LogP contribution in [0.25, 0.3) is 0 Å². The Bertz CT molecular complexity index is 1610. The number of sulfonamides is 1. The summed E-state index contributed by atoms with van der Waals surface area (Å²) < 4.78 is 32.3. The number of hydrogen-bond donors (Lipinski definition) is 2. The van der Waals surface area contributed by atoms with Gasteiger partial charge in [0.1, 0.15) is 10.8 Å². The monoisotopic (exact) mass is 640 g/mol. The summed E-state index contributed by atoms with van der Waals surface area (Å²) in [5, 5.41) is 6.84. The van der Waals surface area contributed by atoms with Crippen LogP contribution in [0.1, 0.15) is 31.2 Å². The molecule has 1 unspecified atom stereocenters. The highest BCUT2D eigenvalue weighted by atomic mass is 35.5. The molecular formula is C31H41ClN8O3S. The van der Waals surface area contributed by atoms with E-state index in [0.717, 1.165) is 69.0 Å². The number of para-hydroxylation sites is 1. The number of fused-ring (bicyclic) bond motifs is 1. The van der Waals surface area contributed by atoms with Gasteiger partial charge in [0, 0.05) is 69.5 Å². The van der Waals surface area contributed by atoms with Crippen molar-refractivity contribution < 1.29 is 13.2 Å². The van der Waals surface area contributed by atoms with Crippen molar-refractivity contribution in [2.24, 2.45) is 0 Å². The van der Waals surface area contributed by atoms with E-state index in [0.29, 0.717) is 46.5 Å². The number of rotatable bonds is 8. The number of likely N-dealkylation sites (N-methyl/N-ethyl adjacent to an activating group) is 1. The van der Waals surface area contributed by atoms with Gasteiger partial charge >= 0.3 is 0 Å². The van der Waals surface area contributed by atoms with Crippen LogP contribution in [0.15, 0.2) is 42.6 Å². The molecule has 4 heterocycles. The number of anilines is 6. The molecule has 3 aliphatic rings. The average Bonchev–Trinajstić information content (AvgIpc) is 3.37. The van der Waals surface area contributed by atoms with Crippen molar-refractivity contribution in [2.75, 3.05) is 86.1 Å². The Morgan fingerprint density at radius 1 is 1.00 bits per heavy atom. The fourth-order valence-corrected chi connectivity index (χ4v) is 7.67. The van der Waals surface area contributed by atoms with Crippen LogP contribution in [0.5, 0.6) is 5.75 Å². The van der Waals surface area contributed by atoms with Crippen LogP contribution in [-0.2, 0) is 10.0 Å². The second-order valence-electron chi connectivity index (χ2n) is 12.0. The summed E-state index contributed by atoms with van der Waals surface area (Å²) in [4.78, 5) is 16.5. The lowest BCUT2D eigenvalue weighted by atomic mass is 10.0. The number of methoxy groups -OCH3 is 1. The number of halogens is 1. The van der Waals surface area contributed by atoms with Crippen molar-refractivity contribution in [3.05, 3.63) is 53.2 Å². The van der Waals surface area contributed by atoms with Gasteiger partial charge in [0.2, 0.25) is 16.0 Å². The van der Waals surface area contributed by atoms with Gasteiger partial charge in [-0.15, -0.1) is 0 Å². The van der Waals surface area contributed by atoms with Crippen molar-refractivity contribution in [1.29, 1.82) is 0 Å². The van der Waals surface area contributed by atoms with Crippen LogP contribution in [0, 0.1) is 0 Å². The summed E-state index contributed by atoms with van der Waals surface area (Å²) in [6.45, 7) is 9.05. The van der Waals surface area contributed by atoms with E-state index >= 15 is 0 Å². The van der Waals surface area contributed by atoms with Gasteiger partial charge in [-0.25, -0.2) is 13.4 Å². The maximum atomic E-state index is 12.6. The van der Waals surface area contributed by atoms with E-state index in [4.69, 9.17) is 16.3 Å². The fraction of sp³-hybridized carbons (Fsp3) is 0.484. The first-order chi connectivity index (χ1) is 21.1. The average molecular weight is 641 g/mol. The van der Waals surface area contributed by atoms with E-state index in [9.17, 15) is 8.42 Å². The standard InChI is InChI=1S/C31H41ClN8O3S/c1-21-20-40(44(4,41)42)29-24(21)6-5-7-27(29)34-30-25(32)19-33-31(36-30)35-26-9-8-23(18-28(26)43-3)38-12-10-22(11-13-38)39-16-14-37(2)15-17-39/h5-9,18-19,21-22H,10-17,20H2,1-4H3,(H2,33,34,35,36). The van der Waals surface area contributed by atoms with Gasteiger partial charge in [-0.1, -0.05) is 30.7 Å². The van der Waals surface area contributed by atoms with Crippen LogP contribution in [0.4, 0.5) is 34.5 Å². The zero-order valence-electron chi connectivity index (χ0n) is 25.8. The molecule has 44 heavy (non-hydrogen) atoms. The summed E-state index contributed by atoms with van der Waals surface area (Å²) >= 11 is 6.50. The number of hydrogen-bond acceptors (Lipinski definition) is 10. The summed E-state index contributed by atoms with van der Waals surface area (Å²) in [5.74, 6) is 1.45. The second kappa shape index (κ2) is 12.6. The highest BCUT2D eigenvalue weighted by Gasteiger charge is 2.34. The number of piperazine rings is 1. The first-order valence-corrected chi connectivity index (χ1v) is 17.4. The van der Waals surface area contributed by atoms with Crippen molar-refractivity contribution >= 4 is 56.1 Å². The van der Waals surface area contributed by atoms with Crippen LogP contribution in [0.2, 0.25) is 5.02 Å². The smallest absolute Gasteiger partial charge is 0.232 e. The van der Waals surface area contributed by atoms with Gasteiger partial charge in [0.05, 0.1) is 36.6 Å². The number of benzene rings is 2. The minimum Gasteiger partial charge on any atom is -0.494 e. The van der Waals surface area contributed by atoms with Gasteiger partial charge in [-0.05, 0) is 43.7 Å². The Kier molecular flexibility index (Phi) is 8.78. The third-order valence-corrected chi connectivity index (χ3v) is 10.4. The lowest BCUT2D eigenvalue weighted by Crippen LogP contribution is -2.52. The predicted octanol–water partition coefficient (Wildman–Crippen LogP) is 4.73. The lowest BCUT2D eigenvalue weighted by Gasteiger charge is -2.42. The van der Waals surface area contributed by atoms with Gasteiger partial charge in [0.15, 0.2) is 5.82 Å². The molecule has 3 aromatic rings. The molecule has 0 saturated carbocycles. The Balaban J connectivity index is 1.16. The van der Waals surface area contributed by atoms with Crippen LogP contribution in [0.3, 0.4) is 0 Å². The van der Waals surface area contributed by atoms with Crippen LogP contribution in [-0.4, -0.2) is 100 Å². The zero-order valence-corrected chi connectivity index (χ0v) is 27.3. The van der Waals surface area contributed by atoms with E-state index < -0.39 is 10.0 Å². The second-order valence-corrected chi connectivity index (χ2v) is 14.3. The number of nitrogens with one attached hydrogen (secondary N) is 2. The molecule has 1 atom stereocenters. The molecule has 0 radical (unpaired) electrons. The van der Waals surface area contributed by atoms with E-state index in [-0.39, 0.29) is 5.92 Å². The molecule has 2 fully saturated rings. The largest absolute Gasteiger partial charge is 0.494 e. The Hall–Kier alpha value is -3.32. The first-order valence-electron chi connectivity index (χ1n) is 15.1. The summed E-state index contributed by atoms with van der Waals surface area (Å²) in [5.41, 5.74) is 4.05. The molecular weight excluding hydrogens is 600 g/mol. The zero-order chi connectivity index (χ0) is 31.0. The molecule has 2 aromatic carbocycles. The van der Waals surface area contributed by atoms with E-state index in [1.54, 1.807) is 7.11 Å². The molecule has 3 aliphatic heterocycles. The van der Waals surface area contributed by atoms with Gasteiger partial charge in [-0.3, -0.25) is 9.21 Å². The Labute approximate surface area is 265 Å². The Morgan fingerprint density at radius 2 is 1.75 bits per heavy atom. The maximum absolute atomic E-state index is 12.6. The van der Waals surface area contributed by atoms with Crippen LogP contribution >= 0.6 is 11.6 Å². The summed E-state index contributed by atoms with van der Waals surface area (Å²) in [6.07, 6.45) is 5.06. The maximum Gasteiger partial charge on any atom is 0.232 e. The normalized spacial score (nSPS) is 20.1. The number of aromatic nitrogens is 2. The van der Waals surface area contributed by atoms with Crippen molar-refractivity contribution in [3.8, 4) is 5.75 Å². The molecule has 0 aliphatic carbocycles. The number of piperidine rings is 1. The molecule has 0 bridgehead atoms. The summed E-state index contributed by atoms with van der Waals surface area (Å²) in [6, 6.07) is 12.5. The molecule has 0 amide bonds. The van der Waals surface area contributed by atoms with Crippen molar-refractivity contribution in [1.82, 2.24) is 19.8 Å². The quantitative estimate of drug-likeness (QED) is 0.359. The Morgan fingerprint density at radius 3 is 2.45 bits per heavy atom. The lowest BCUT2D eigenvalue weighted by molar-refractivity contribution is 0.0982. The first kappa shape index (κ1) is 30.7. The molecule has 2 N–H and O–H groups in total. The molecule has 236 valence electrons. The molecule has 6 rings (SSSR count). The number of ether oxygens (including phenoxy) is 1. The van der Waals surface area contributed by atoms with Gasteiger partial charge in [0.25, 0.3) is 0 Å². The molecule has 2 saturated heterocycles. The predicted molar refractivity (Wildman–Crippen MR) is 178 cm³/mol. The third-order valence-electron chi connectivity index (χ3n) is 9.00. The number of nitrogens with zero attached hydrogens (tertiary/aromatic N) is 6. The molecule has 13 heteroatoms. The fourth-order valence-electron chi connectivity index (χ4n) is 6.50. The summed E-state index contributed by atoms with van der Waals surface area (Å²) in [7, 11) is 0.400. The molecule has 11 nitrogen and oxygen atoms in total. The minimum absolute atomic E-state index is 0.0679. The van der Waals surface area contributed by atoms with Crippen molar-refractivity contribution in [2.45, 2.75) is 31.7 Å². The SMILES string of the molecule is COc1cc(N2CCC(N3CCN(C)CC3)CC2)ccc1Nc1ncc(Cl)c(Nc2cccc3c2N(S(C)(=O)=O)CC3C)n1. The highest BCUT2D eigenvalue weighted by Crippen LogP contribution is 2.44. The third kappa shape index (κ3) is 6.39. The molecule has 1 aromatic heterocycles. The molecule has 0 spiro atoms. The van der Waals surface area contributed by atoms with E-state index in [1.165, 1.54) is 16.8 Å².